The molecule has 0 saturated heterocycles. The minimum Gasteiger partial charge on any atom is -0.493 e. The third-order valence-corrected chi connectivity index (χ3v) is 5.63. The molecule has 30 heavy (non-hydrogen) atoms. The van der Waals surface area contributed by atoms with Crippen LogP contribution >= 0.6 is 11.8 Å². The van der Waals surface area contributed by atoms with Gasteiger partial charge in [-0.25, -0.2) is 0 Å². The molecule has 3 rings (SSSR count). The molecule has 1 amide bonds. The molecule has 0 unspecified atom stereocenters. The van der Waals surface area contributed by atoms with Gasteiger partial charge in [0.1, 0.15) is 0 Å². The first kappa shape index (κ1) is 21.7. The number of methoxy groups -OCH3 is 2. The van der Waals surface area contributed by atoms with Gasteiger partial charge in [0, 0.05) is 25.7 Å². The zero-order chi connectivity index (χ0) is 21.5. The van der Waals surface area contributed by atoms with Crippen LogP contribution in [0.15, 0.2) is 53.7 Å². The summed E-state index contributed by atoms with van der Waals surface area (Å²) in [6.45, 7) is 3.26. The van der Waals surface area contributed by atoms with Crippen molar-refractivity contribution >= 4 is 17.7 Å². The average molecular weight is 427 g/mol. The molecule has 0 saturated carbocycles. The molecule has 7 nitrogen and oxygen atoms in total. The van der Waals surface area contributed by atoms with Crippen molar-refractivity contribution in [3.8, 4) is 22.9 Å². The predicted octanol–water partition coefficient (Wildman–Crippen LogP) is 3.73. The van der Waals surface area contributed by atoms with E-state index in [9.17, 15) is 4.79 Å². The summed E-state index contributed by atoms with van der Waals surface area (Å²) in [7, 11) is 4.99. The highest BCUT2D eigenvalue weighted by Gasteiger charge is 2.16. The van der Waals surface area contributed by atoms with Gasteiger partial charge in [-0.1, -0.05) is 48.2 Å². The summed E-state index contributed by atoms with van der Waals surface area (Å²) >= 11 is 1.40. The third-order valence-electron chi connectivity index (χ3n) is 4.68. The van der Waals surface area contributed by atoms with E-state index in [-0.39, 0.29) is 11.7 Å². The maximum Gasteiger partial charge on any atom is 0.233 e. The highest BCUT2D eigenvalue weighted by molar-refractivity contribution is 7.99. The predicted molar refractivity (Wildman–Crippen MR) is 118 cm³/mol. The van der Waals surface area contributed by atoms with Gasteiger partial charge in [-0.05, 0) is 24.6 Å². The fraction of sp³-hybridized carbons (Fsp3) is 0.318. The Hall–Kier alpha value is -3.00. The summed E-state index contributed by atoms with van der Waals surface area (Å²) in [4.78, 5) is 14.4. The largest absolute Gasteiger partial charge is 0.493 e. The maximum absolute atomic E-state index is 12.7. The van der Waals surface area contributed by atoms with Crippen LogP contribution in [0, 0.1) is 0 Å². The number of amides is 1. The molecular formula is C22H26N4O3S. The minimum atomic E-state index is 0.0155. The van der Waals surface area contributed by atoms with Crippen LogP contribution in [0.3, 0.4) is 0 Å². The molecular weight excluding hydrogens is 400 g/mol. The summed E-state index contributed by atoms with van der Waals surface area (Å²) < 4.78 is 12.6. The van der Waals surface area contributed by atoms with Gasteiger partial charge in [-0.2, -0.15) is 0 Å². The van der Waals surface area contributed by atoms with Crippen molar-refractivity contribution < 1.29 is 14.3 Å². The number of ether oxygens (including phenoxy) is 2. The molecule has 1 aromatic heterocycles. The van der Waals surface area contributed by atoms with Gasteiger partial charge in [-0.3, -0.25) is 4.79 Å². The normalized spacial score (nSPS) is 10.7. The number of carbonyl (C=O) groups is 1. The molecule has 0 bridgehead atoms. The molecule has 0 fully saturated rings. The van der Waals surface area contributed by atoms with Crippen molar-refractivity contribution in [2.24, 2.45) is 0 Å². The molecule has 158 valence electrons. The summed E-state index contributed by atoms with van der Waals surface area (Å²) in [5.74, 6) is 2.43. The molecule has 0 atom stereocenters. The zero-order valence-electron chi connectivity index (χ0n) is 17.7. The van der Waals surface area contributed by atoms with Gasteiger partial charge in [0.2, 0.25) is 5.91 Å². The monoisotopic (exact) mass is 426 g/mol. The molecule has 0 aliphatic carbocycles. The van der Waals surface area contributed by atoms with Gasteiger partial charge < -0.3 is 18.9 Å². The molecule has 1 heterocycles. The molecule has 8 heteroatoms. The Morgan fingerprint density at radius 2 is 1.80 bits per heavy atom. The summed E-state index contributed by atoms with van der Waals surface area (Å²) in [5, 5.41) is 9.36. The number of carbonyl (C=O) groups excluding carboxylic acids is 1. The Balaban J connectivity index is 1.64. The zero-order valence-corrected chi connectivity index (χ0v) is 18.5. The topological polar surface area (TPSA) is 69.5 Å². The second-order valence-corrected chi connectivity index (χ2v) is 7.59. The summed E-state index contributed by atoms with van der Waals surface area (Å²) in [6.07, 6.45) is 0. The fourth-order valence-corrected chi connectivity index (χ4v) is 4.00. The highest BCUT2D eigenvalue weighted by Crippen LogP contribution is 2.28. The number of hydrogen-bond donors (Lipinski definition) is 0. The SMILES string of the molecule is CCn1c(SCC(=O)N(C)Cc2ccc(OC)c(OC)c2)nnc1-c1ccccc1. The third kappa shape index (κ3) is 4.94. The quantitative estimate of drug-likeness (QED) is 0.486. The van der Waals surface area contributed by atoms with Crippen LogP contribution < -0.4 is 9.47 Å². The summed E-state index contributed by atoms with van der Waals surface area (Å²) in [6, 6.07) is 15.6. The number of rotatable bonds is 9. The van der Waals surface area contributed by atoms with Crippen LogP contribution in [0.2, 0.25) is 0 Å². The molecule has 2 aromatic carbocycles. The van der Waals surface area contributed by atoms with E-state index in [0.717, 1.165) is 28.7 Å². The molecule has 0 spiro atoms. The van der Waals surface area contributed by atoms with Crippen LogP contribution in [-0.2, 0) is 17.9 Å². The lowest BCUT2D eigenvalue weighted by Gasteiger charge is -2.18. The summed E-state index contributed by atoms with van der Waals surface area (Å²) in [5.41, 5.74) is 1.98. The Bertz CT molecular complexity index is 991. The standard InChI is InChI=1S/C22H26N4O3S/c1-5-26-21(17-9-7-6-8-10-17)23-24-22(26)30-15-20(27)25(2)14-16-11-12-18(28-3)19(13-16)29-4/h6-13H,5,14-15H2,1-4H3. The highest BCUT2D eigenvalue weighted by atomic mass is 32.2. The van der Waals surface area contributed by atoms with Gasteiger partial charge in [0.15, 0.2) is 22.5 Å². The van der Waals surface area contributed by atoms with E-state index in [1.807, 2.05) is 60.0 Å². The van der Waals surface area contributed by atoms with E-state index in [1.165, 1.54) is 11.8 Å². The van der Waals surface area contributed by atoms with E-state index in [0.29, 0.717) is 18.0 Å². The van der Waals surface area contributed by atoms with Crippen LogP contribution in [-0.4, -0.2) is 52.6 Å². The van der Waals surface area contributed by atoms with E-state index < -0.39 is 0 Å². The second-order valence-electron chi connectivity index (χ2n) is 6.64. The van der Waals surface area contributed by atoms with Crippen molar-refractivity contribution in [1.29, 1.82) is 0 Å². The van der Waals surface area contributed by atoms with E-state index in [1.54, 1.807) is 26.2 Å². The number of nitrogens with zero attached hydrogens (tertiary/aromatic N) is 4. The molecule has 0 aliphatic heterocycles. The van der Waals surface area contributed by atoms with E-state index in [2.05, 4.69) is 10.2 Å². The maximum atomic E-state index is 12.7. The Morgan fingerprint density at radius 1 is 1.07 bits per heavy atom. The van der Waals surface area contributed by atoms with Gasteiger partial charge in [0.25, 0.3) is 0 Å². The number of thioether (sulfide) groups is 1. The Kier molecular flexibility index (Phi) is 7.35. The van der Waals surface area contributed by atoms with Crippen molar-refractivity contribution in [2.75, 3.05) is 27.0 Å². The number of benzene rings is 2. The minimum absolute atomic E-state index is 0.0155. The van der Waals surface area contributed by atoms with Crippen LogP contribution in [0.25, 0.3) is 11.4 Å². The van der Waals surface area contributed by atoms with E-state index in [4.69, 9.17) is 9.47 Å². The van der Waals surface area contributed by atoms with Gasteiger partial charge in [0.05, 0.1) is 20.0 Å². The van der Waals surface area contributed by atoms with Crippen molar-refractivity contribution in [2.45, 2.75) is 25.2 Å². The lowest BCUT2D eigenvalue weighted by molar-refractivity contribution is -0.127. The van der Waals surface area contributed by atoms with Crippen LogP contribution in [0.5, 0.6) is 11.5 Å². The van der Waals surface area contributed by atoms with Crippen molar-refractivity contribution in [1.82, 2.24) is 19.7 Å². The Morgan fingerprint density at radius 3 is 2.47 bits per heavy atom. The molecule has 0 N–H and O–H groups in total. The fourth-order valence-electron chi connectivity index (χ4n) is 3.06. The van der Waals surface area contributed by atoms with Crippen LogP contribution in [0.1, 0.15) is 12.5 Å². The van der Waals surface area contributed by atoms with Crippen LogP contribution in [0.4, 0.5) is 0 Å². The molecule has 3 aromatic rings. The molecule has 0 radical (unpaired) electrons. The average Bonchev–Trinajstić information content (AvgIpc) is 3.20. The lowest BCUT2D eigenvalue weighted by atomic mass is 10.2. The number of aromatic nitrogens is 3. The molecule has 0 aliphatic rings. The van der Waals surface area contributed by atoms with Gasteiger partial charge >= 0.3 is 0 Å². The van der Waals surface area contributed by atoms with Crippen molar-refractivity contribution in [3.63, 3.8) is 0 Å². The second kappa shape index (κ2) is 10.2. The smallest absolute Gasteiger partial charge is 0.233 e. The van der Waals surface area contributed by atoms with E-state index >= 15 is 0 Å². The van der Waals surface area contributed by atoms with Crippen molar-refractivity contribution in [3.05, 3.63) is 54.1 Å². The first-order valence-electron chi connectivity index (χ1n) is 9.63. The Labute approximate surface area is 181 Å². The first-order chi connectivity index (χ1) is 14.6. The number of hydrogen-bond acceptors (Lipinski definition) is 6. The first-order valence-corrected chi connectivity index (χ1v) is 10.6. The van der Waals surface area contributed by atoms with Gasteiger partial charge in [-0.15, -0.1) is 10.2 Å². The lowest BCUT2D eigenvalue weighted by Crippen LogP contribution is -2.28.